The molecule has 11 heavy (non-hydrogen) atoms. The molecule has 0 aromatic carbocycles. The van der Waals surface area contributed by atoms with Crippen molar-refractivity contribution >= 4 is 39.7 Å². The van der Waals surface area contributed by atoms with Crippen molar-refractivity contribution in [2.45, 2.75) is 0 Å². The second kappa shape index (κ2) is 52.2. The Balaban J connectivity index is -0.0000000150. The summed E-state index contributed by atoms with van der Waals surface area (Å²) < 4.78 is 42.3. The van der Waals surface area contributed by atoms with Gasteiger partial charge in [-0.2, -0.15) is 0 Å². The van der Waals surface area contributed by atoms with Crippen LogP contribution in [-0.4, -0.2) is 35.9 Å². The summed E-state index contributed by atoms with van der Waals surface area (Å²) >= 11 is -3.50. The molecule has 0 aromatic heterocycles. The van der Waals surface area contributed by atoms with E-state index < -0.39 is 39.7 Å². The Hall–Kier alpha value is 2.96. The van der Waals surface area contributed by atoms with Gasteiger partial charge in [-0.1, -0.05) is 0 Å². The summed E-state index contributed by atoms with van der Waals surface area (Å²) in [5.41, 5.74) is 0. The van der Waals surface area contributed by atoms with E-state index in [0.29, 0.717) is 0 Å². The Morgan fingerprint density at radius 3 is 1.18 bits per heavy atom. The average molecular weight is 244 g/mol. The van der Waals surface area contributed by atoms with Crippen molar-refractivity contribution in [1.29, 1.82) is 0 Å². The van der Waals surface area contributed by atoms with Gasteiger partial charge in [0.15, 0.2) is 0 Å². The van der Waals surface area contributed by atoms with Gasteiger partial charge in [-0.05, 0) is 0 Å². The molecule has 0 heterocycles. The first-order chi connectivity index (χ1) is 4.24. The predicted molar refractivity (Wildman–Crippen MR) is 22.7 cm³/mol. The monoisotopic (exact) mass is 244 g/mol. The fourth-order valence-electron chi connectivity index (χ4n) is 0. The van der Waals surface area contributed by atoms with Gasteiger partial charge in [-0.15, -0.1) is 0 Å². The fourth-order valence-corrected chi connectivity index (χ4v) is 0. The van der Waals surface area contributed by atoms with Gasteiger partial charge in [0.1, 0.15) is 0 Å². The van der Waals surface area contributed by atoms with Gasteiger partial charge in [-0.3, -0.25) is 0 Å². The first-order valence-corrected chi connectivity index (χ1v) is 3.98. The summed E-state index contributed by atoms with van der Waals surface area (Å²) in [7, 11) is -0.833. The van der Waals surface area contributed by atoms with Crippen LogP contribution in [0, 0.1) is 0 Å². The summed E-state index contributed by atoms with van der Waals surface area (Å²) in [6.45, 7) is 0. The third-order valence-electron chi connectivity index (χ3n) is 0. The molecule has 0 unspecified atom stereocenters. The Kier molecular flexibility index (Phi) is 139. The Morgan fingerprint density at radius 2 is 1.18 bits per heavy atom. The van der Waals surface area contributed by atoms with Crippen LogP contribution in [0.3, 0.4) is 0 Å². The average Bonchev–Trinajstić information content (AvgIpc) is 1.70. The molecule has 0 aliphatic rings. The topological polar surface area (TPSA) is 118 Å². The van der Waals surface area contributed by atoms with Crippen LogP contribution in [0.4, 0.5) is 0 Å². The first kappa shape index (κ1) is 29.2. The van der Waals surface area contributed by atoms with Crippen molar-refractivity contribution in [2.24, 2.45) is 0 Å². The molecule has 0 amide bonds. The van der Waals surface area contributed by atoms with Crippen LogP contribution in [0.1, 0.15) is 0 Å². The van der Waals surface area contributed by atoms with E-state index >= 15 is 0 Å². The molecule has 11 heteroatoms. The van der Waals surface area contributed by atoms with E-state index in [9.17, 15) is 0 Å². The van der Waals surface area contributed by atoms with Crippen molar-refractivity contribution in [3.8, 4) is 0 Å². The number of rotatable bonds is 0. The summed E-state index contributed by atoms with van der Waals surface area (Å²) in [6.07, 6.45) is 0. The van der Waals surface area contributed by atoms with Gasteiger partial charge >= 0.3 is 137 Å². The van der Waals surface area contributed by atoms with Crippen LogP contribution in [0.25, 0.3) is 0 Å². The van der Waals surface area contributed by atoms with Crippen LogP contribution in [0.2, 0.25) is 0 Å². The van der Waals surface area contributed by atoms with Crippen molar-refractivity contribution in [2.75, 3.05) is 0 Å². The summed E-state index contributed by atoms with van der Waals surface area (Å²) in [6, 6.07) is 0. The summed E-state index contributed by atoms with van der Waals surface area (Å²) in [5, 5.41) is 0. The first-order valence-electron chi connectivity index (χ1n) is 1.33. The molecule has 0 aromatic rings. The van der Waals surface area contributed by atoms with E-state index in [0.717, 1.165) is 0 Å². The number of hydrogen-bond donors (Lipinski definition) is 1. The van der Waals surface area contributed by atoms with Crippen molar-refractivity contribution in [3.05, 3.63) is 0 Å². The van der Waals surface area contributed by atoms with Gasteiger partial charge in [0.25, 0.3) is 0 Å². The molecule has 0 aliphatic carbocycles. The zero-order valence-electron chi connectivity index (χ0n) is 6.09. The van der Waals surface area contributed by atoms with Crippen molar-refractivity contribution < 1.29 is 106 Å². The fraction of sp³-hybridized carbons (Fsp3) is 0. The molecule has 0 spiro atoms. The van der Waals surface area contributed by atoms with E-state index in [1.165, 1.54) is 0 Å². The maximum atomic E-state index is 8.46. The molecule has 0 radical (unpaired) electrons. The molecule has 0 atom stereocenters. The van der Waals surface area contributed by atoms with Gasteiger partial charge in [0.05, 0.1) is 0 Å². The molecular formula is HAl2KNaO6P. The SMILES string of the molecule is O=PO.[K+].[Na+].[O]=[Al][O-].[O]=[Al][O-]. The zero-order valence-corrected chi connectivity index (χ0v) is 14.4. The van der Waals surface area contributed by atoms with E-state index in [2.05, 4.69) is 0 Å². The van der Waals surface area contributed by atoms with Gasteiger partial charge in [0, 0.05) is 0 Å². The molecule has 6 nitrogen and oxygen atoms in total. The Bertz CT molecular complexity index is 57.3. The molecule has 50 valence electrons. The van der Waals surface area contributed by atoms with E-state index in [4.69, 9.17) is 25.4 Å². The quantitative estimate of drug-likeness (QED) is 0.334. The van der Waals surface area contributed by atoms with E-state index in [-0.39, 0.29) is 80.9 Å². The summed E-state index contributed by atoms with van der Waals surface area (Å²) in [5.74, 6) is 0. The standard InChI is InChI=1S/2Al.K.Na.HO2P.4O/c;;;;1-3-2;;;;/h;;;;(H,1,2);;;;/q;;2*+1;;;;2*-1. The third-order valence-corrected chi connectivity index (χ3v) is 0. The van der Waals surface area contributed by atoms with Crippen LogP contribution in [-0.2, 0) is 12.2 Å². The molecule has 0 saturated heterocycles. The molecule has 0 fully saturated rings. The van der Waals surface area contributed by atoms with Gasteiger partial charge < -0.3 is 4.89 Å². The Labute approximate surface area is 143 Å². The normalized spacial score (nSPS) is 3.36. The summed E-state index contributed by atoms with van der Waals surface area (Å²) in [4.78, 5) is 6.99. The molecule has 0 bridgehead atoms. The van der Waals surface area contributed by atoms with Crippen LogP contribution >= 0.6 is 8.69 Å². The molecule has 0 rings (SSSR count). The van der Waals surface area contributed by atoms with Crippen LogP contribution < -0.4 is 89.3 Å². The zero-order chi connectivity index (χ0) is 8.12. The molecule has 0 saturated carbocycles. The van der Waals surface area contributed by atoms with Crippen molar-refractivity contribution in [1.82, 2.24) is 0 Å². The second-order valence-electron chi connectivity index (χ2n) is 0.274. The van der Waals surface area contributed by atoms with Crippen LogP contribution in [0.5, 0.6) is 0 Å². The second-order valence-corrected chi connectivity index (χ2v) is 0.822. The van der Waals surface area contributed by atoms with Crippen LogP contribution in [0.15, 0.2) is 0 Å². The predicted octanol–water partition coefficient (Wildman–Crippen LogP) is -9.18. The Morgan fingerprint density at radius 1 is 1.18 bits per heavy atom. The van der Waals surface area contributed by atoms with Crippen molar-refractivity contribution in [3.63, 3.8) is 0 Å². The molecule has 0 aliphatic heterocycles. The van der Waals surface area contributed by atoms with E-state index in [1.54, 1.807) is 0 Å². The minimum absolute atomic E-state index is 0. The molecule has 1 N–H and O–H groups in total. The van der Waals surface area contributed by atoms with E-state index in [1.807, 2.05) is 0 Å². The third kappa shape index (κ3) is 178. The minimum atomic E-state index is -1.75. The van der Waals surface area contributed by atoms with Gasteiger partial charge in [0.2, 0.25) is 0 Å². The number of hydrogen-bond acceptors (Lipinski definition) is 5. The maximum absolute atomic E-state index is 8.46. The van der Waals surface area contributed by atoms with Gasteiger partial charge in [-0.25, -0.2) is 4.57 Å². The molecular weight excluding hydrogens is 243 g/mol.